The first kappa shape index (κ1) is 15.0. The first-order valence-corrected chi connectivity index (χ1v) is 6.77. The number of carboxylic acid groups (broad SMARTS) is 1. The quantitative estimate of drug-likeness (QED) is 0.774. The van der Waals surface area contributed by atoms with Crippen LogP contribution < -0.4 is 0 Å². The fraction of sp³-hybridized carbons (Fsp3) is 0.462. The zero-order valence-electron chi connectivity index (χ0n) is 10.6. The molecule has 0 aliphatic carbocycles. The molecule has 3 nitrogen and oxygen atoms in total. The van der Waals surface area contributed by atoms with Gasteiger partial charge in [0.1, 0.15) is 5.82 Å². The number of hydrogen-bond donors (Lipinski definition) is 1. The average molecular weight is 271 g/mol. The van der Waals surface area contributed by atoms with Crippen LogP contribution in [0, 0.1) is 11.7 Å². The van der Waals surface area contributed by atoms with Crippen molar-refractivity contribution in [3.63, 3.8) is 0 Å². The monoisotopic (exact) mass is 271 g/mol. The highest BCUT2D eigenvalue weighted by atomic mass is 32.2. The molecular weight excluding hydrogens is 253 g/mol. The van der Waals surface area contributed by atoms with Crippen LogP contribution in [0.4, 0.5) is 4.39 Å². The lowest BCUT2D eigenvalue weighted by molar-refractivity contribution is -0.141. The van der Waals surface area contributed by atoms with Crippen molar-refractivity contribution >= 4 is 17.7 Å². The predicted octanol–water partition coefficient (Wildman–Crippen LogP) is 2.57. The van der Waals surface area contributed by atoms with Crippen LogP contribution in [-0.2, 0) is 4.79 Å². The second kappa shape index (κ2) is 7.38. The van der Waals surface area contributed by atoms with Crippen LogP contribution in [-0.4, -0.2) is 41.9 Å². The molecule has 1 aromatic carbocycles. The average Bonchev–Trinajstić information content (AvgIpc) is 2.31. The van der Waals surface area contributed by atoms with E-state index in [4.69, 9.17) is 5.11 Å². The minimum absolute atomic E-state index is 0.230. The Morgan fingerprint density at radius 3 is 2.61 bits per heavy atom. The van der Waals surface area contributed by atoms with Gasteiger partial charge in [-0.2, -0.15) is 0 Å². The Morgan fingerprint density at radius 1 is 1.44 bits per heavy atom. The van der Waals surface area contributed by atoms with Crippen LogP contribution in [0.3, 0.4) is 0 Å². The molecule has 1 rings (SSSR count). The number of hydrogen-bond acceptors (Lipinski definition) is 3. The van der Waals surface area contributed by atoms with Crippen LogP contribution in [0.5, 0.6) is 0 Å². The topological polar surface area (TPSA) is 40.5 Å². The van der Waals surface area contributed by atoms with Crippen molar-refractivity contribution in [1.82, 2.24) is 4.90 Å². The van der Waals surface area contributed by atoms with Crippen molar-refractivity contribution in [1.29, 1.82) is 0 Å². The molecule has 0 spiro atoms. The third kappa shape index (κ3) is 5.51. The summed E-state index contributed by atoms with van der Waals surface area (Å²) in [5.74, 6) is -0.500. The van der Waals surface area contributed by atoms with E-state index in [1.54, 1.807) is 30.8 Å². The van der Waals surface area contributed by atoms with E-state index in [2.05, 4.69) is 0 Å². The molecule has 0 heterocycles. The molecule has 0 saturated heterocycles. The van der Waals surface area contributed by atoms with E-state index >= 15 is 0 Å². The Morgan fingerprint density at radius 2 is 2.06 bits per heavy atom. The van der Waals surface area contributed by atoms with Crippen LogP contribution in [0.2, 0.25) is 0 Å². The molecule has 1 N–H and O–H groups in total. The Hall–Kier alpha value is -1.07. The van der Waals surface area contributed by atoms with Gasteiger partial charge in [-0.25, -0.2) is 4.39 Å². The molecule has 0 saturated carbocycles. The fourth-order valence-electron chi connectivity index (χ4n) is 1.49. The zero-order chi connectivity index (χ0) is 13.5. The number of thioether (sulfide) groups is 1. The normalized spacial score (nSPS) is 12.7. The lowest BCUT2D eigenvalue weighted by Crippen LogP contribution is -2.30. The van der Waals surface area contributed by atoms with Gasteiger partial charge in [0.2, 0.25) is 0 Å². The largest absolute Gasteiger partial charge is 0.481 e. The first-order chi connectivity index (χ1) is 8.49. The smallest absolute Gasteiger partial charge is 0.307 e. The van der Waals surface area contributed by atoms with Crippen LogP contribution in [0.1, 0.15) is 6.92 Å². The van der Waals surface area contributed by atoms with E-state index in [0.717, 1.165) is 17.2 Å². The molecule has 0 fully saturated rings. The predicted molar refractivity (Wildman–Crippen MR) is 71.4 cm³/mol. The highest BCUT2D eigenvalue weighted by molar-refractivity contribution is 7.99. The number of halogens is 1. The third-order valence-electron chi connectivity index (χ3n) is 2.56. The summed E-state index contributed by atoms with van der Waals surface area (Å²) in [6, 6.07) is 6.39. The van der Waals surface area contributed by atoms with Gasteiger partial charge in [0.15, 0.2) is 0 Å². The summed E-state index contributed by atoms with van der Waals surface area (Å²) in [5.41, 5.74) is 0. The molecule has 0 aliphatic heterocycles. The maximum Gasteiger partial charge on any atom is 0.307 e. The van der Waals surface area contributed by atoms with Crippen LogP contribution >= 0.6 is 11.8 Å². The maximum absolute atomic E-state index is 12.7. The van der Waals surface area contributed by atoms with E-state index in [9.17, 15) is 9.18 Å². The highest BCUT2D eigenvalue weighted by Gasteiger charge is 2.13. The Labute approximate surface area is 111 Å². The number of nitrogens with zero attached hydrogens (tertiary/aromatic N) is 1. The van der Waals surface area contributed by atoms with Gasteiger partial charge in [0, 0.05) is 23.7 Å². The molecule has 0 radical (unpaired) electrons. The van der Waals surface area contributed by atoms with Crippen molar-refractivity contribution in [2.24, 2.45) is 5.92 Å². The summed E-state index contributed by atoms with van der Waals surface area (Å²) >= 11 is 1.64. The Bertz CT molecular complexity index is 383. The van der Waals surface area contributed by atoms with Crippen molar-refractivity contribution in [2.45, 2.75) is 11.8 Å². The van der Waals surface area contributed by atoms with Gasteiger partial charge in [-0.15, -0.1) is 11.8 Å². The van der Waals surface area contributed by atoms with E-state index in [1.807, 2.05) is 11.9 Å². The molecule has 1 aromatic rings. The molecule has 100 valence electrons. The zero-order valence-corrected chi connectivity index (χ0v) is 11.4. The third-order valence-corrected chi connectivity index (χ3v) is 3.55. The summed E-state index contributed by atoms with van der Waals surface area (Å²) in [4.78, 5) is 13.7. The van der Waals surface area contributed by atoms with Crippen LogP contribution in [0.15, 0.2) is 29.2 Å². The summed E-state index contributed by atoms with van der Waals surface area (Å²) in [5, 5.41) is 8.79. The summed E-state index contributed by atoms with van der Waals surface area (Å²) in [6.07, 6.45) is 0. The summed E-state index contributed by atoms with van der Waals surface area (Å²) < 4.78 is 12.7. The van der Waals surface area contributed by atoms with Gasteiger partial charge < -0.3 is 10.0 Å². The van der Waals surface area contributed by atoms with Gasteiger partial charge >= 0.3 is 5.97 Å². The Balaban J connectivity index is 2.25. The molecular formula is C13H18FNO2S. The number of rotatable bonds is 7. The molecule has 1 unspecified atom stereocenters. The summed E-state index contributed by atoms with van der Waals surface area (Å²) in [7, 11) is 1.91. The van der Waals surface area contributed by atoms with Crippen molar-refractivity contribution in [3.05, 3.63) is 30.1 Å². The fourth-order valence-corrected chi connectivity index (χ4v) is 2.45. The minimum atomic E-state index is -0.770. The lowest BCUT2D eigenvalue weighted by atomic mass is 10.2. The van der Waals surface area contributed by atoms with Gasteiger partial charge in [0.05, 0.1) is 5.92 Å². The number of benzene rings is 1. The van der Waals surface area contributed by atoms with Gasteiger partial charge in [-0.3, -0.25) is 4.79 Å². The molecule has 0 aliphatic rings. The lowest BCUT2D eigenvalue weighted by Gasteiger charge is -2.18. The van der Waals surface area contributed by atoms with E-state index in [-0.39, 0.29) is 11.7 Å². The molecule has 1 atom stereocenters. The maximum atomic E-state index is 12.7. The van der Waals surface area contributed by atoms with Gasteiger partial charge in [-0.05, 0) is 31.3 Å². The molecule has 0 amide bonds. The van der Waals surface area contributed by atoms with Gasteiger partial charge in [0.25, 0.3) is 0 Å². The number of carboxylic acids is 1. The van der Waals surface area contributed by atoms with Crippen molar-refractivity contribution in [3.8, 4) is 0 Å². The standard InChI is InChI=1S/C13H18FNO2S/c1-10(13(16)17)9-15(2)7-8-18-12-5-3-11(14)4-6-12/h3-6,10H,7-9H2,1-2H3,(H,16,17). The van der Waals surface area contributed by atoms with Gasteiger partial charge in [-0.1, -0.05) is 6.92 Å². The SMILES string of the molecule is CC(CN(C)CCSc1ccc(F)cc1)C(=O)O. The van der Waals surface area contributed by atoms with Crippen molar-refractivity contribution < 1.29 is 14.3 Å². The van der Waals surface area contributed by atoms with E-state index in [1.165, 1.54) is 12.1 Å². The minimum Gasteiger partial charge on any atom is -0.481 e. The number of carbonyl (C=O) groups is 1. The summed E-state index contributed by atoms with van der Waals surface area (Å²) in [6.45, 7) is 3.05. The second-order valence-electron chi connectivity index (χ2n) is 4.30. The van der Waals surface area contributed by atoms with E-state index in [0.29, 0.717) is 6.54 Å². The molecule has 18 heavy (non-hydrogen) atoms. The molecule has 5 heteroatoms. The van der Waals surface area contributed by atoms with Crippen LogP contribution in [0.25, 0.3) is 0 Å². The molecule has 0 aromatic heterocycles. The molecule has 0 bridgehead atoms. The Kier molecular flexibility index (Phi) is 6.15. The number of aliphatic carboxylic acids is 1. The second-order valence-corrected chi connectivity index (χ2v) is 5.47. The van der Waals surface area contributed by atoms with Crippen molar-refractivity contribution in [2.75, 3.05) is 25.9 Å². The first-order valence-electron chi connectivity index (χ1n) is 5.78. The van der Waals surface area contributed by atoms with E-state index < -0.39 is 5.97 Å². The highest BCUT2D eigenvalue weighted by Crippen LogP contribution is 2.17.